The molecule has 6 heteroatoms. The molecule has 0 amide bonds. The SMILES string of the molecule is Cc1ccnc(N2CCCC(C(F)(F)F)C2)c1CN. The Balaban J connectivity index is 2.25. The molecule has 2 heterocycles. The highest BCUT2D eigenvalue weighted by Crippen LogP contribution is 2.35. The van der Waals surface area contributed by atoms with E-state index in [0.717, 1.165) is 11.1 Å². The van der Waals surface area contributed by atoms with Crippen molar-refractivity contribution in [2.24, 2.45) is 11.7 Å². The van der Waals surface area contributed by atoms with Gasteiger partial charge in [-0.25, -0.2) is 4.98 Å². The topological polar surface area (TPSA) is 42.2 Å². The Hall–Kier alpha value is -1.30. The van der Waals surface area contributed by atoms with Crippen LogP contribution in [0.2, 0.25) is 0 Å². The van der Waals surface area contributed by atoms with Gasteiger partial charge in [0.25, 0.3) is 0 Å². The van der Waals surface area contributed by atoms with Crippen molar-refractivity contribution in [2.45, 2.75) is 32.5 Å². The minimum atomic E-state index is -4.13. The van der Waals surface area contributed by atoms with Crippen LogP contribution in [0.15, 0.2) is 12.3 Å². The first-order valence-electron chi connectivity index (χ1n) is 6.39. The predicted molar refractivity (Wildman–Crippen MR) is 67.9 cm³/mol. The molecule has 0 saturated carbocycles. The summed E-state index contributed by atoms with van der Waals surface area (Å²) in [4.78, 5) is 5.95. The Kier molecular flexibility index (Phi) is 3.99. The largest absolute Gasteiger partial charge is 0.393 e. The van der Waals surface area contributed by atoms with Gasteiger partial charge in [0.2, 0.25) is 0 Å². The molecule has 2 rings (SSSR count). The van der Waals surface area contributed by atoms with E-state index >= 15 is 0 Å². The summed E-state index contributed by atoms with van der Waals surface area (Å²) in [6, 6.07) is 1.83. The molecule has 1 aromatic heterocycles. The molecule has 0 bridgehead atoms. The first kappa shape index (κ1) is 14.1. The maximum Gasteiger partial charge on any atom is 0.393 e. The van der Waals surface area contributed by atoms with Gasteiger partial charge in [0.15, 0.2) is 0 Å². The van der Waals surface area contributed by atoms with E-state index in [1.54, 1.807) is 11.1 Å². The lowest BCUT2D eigenvalue weighted by Crippen LogP contribution is -2.42. The number of aromatic nitrogens is 1. The predicted octanol–water partition coefficient (Wildman–Crippen LogP) is 2.63. The van der Waals surface area contributed by atoms with Gasteiger partial charge in [-0.15, -0.1) is 0 Å². The molecule has 1 saturated heterocycles. The summed E-state index contributed by atoms with van der Waals surface area (Å²) in [7, 11) is 0. The van der Waals surface area contributed by atoms with Gasteiger partial charge in [0, 0.05) is 31.4 Å². The van der Waals surface area contributed by atoms with Crippen LogP contribution >= 0.6 is 0 Å². The fourth-order valence-electron chi connectivity index (χ4n) is 2.54. The average Bonchev–Trinajstić information content (AvgIpc) is 2.37. The fraction of sp³-hybridized carbons (Fsp3) is 0.615. The van der Waals surface area contributed by atoms with Crippen molar-refractivity contribution >= 4 is 5.82 Å². The van der Waals surface area contributed by atoms with Gasteiger partial charge in [-0.05, 0) is 31.4 Å². The summed E-state index contributed by atoms with van der Waals surface area (Å²) in [6.45, 7) is 2.78. The minimum absolute atomic E-state index is 0.0209. The van der Waals surface area contributed by atoms with E-state index in [-0.39, 0.29) is 13.0 Å². The van der Waals surface area contributed by atoms with Crippen molar-refractivity contribution in [3.8, 4) is 0 Å². The summed E-state index contributed by atoms with van der Waals surface area (Å²) in [6.07, 6.45) is -1.78. The van der Waals surface area contributed by atoms with Crippen molar-refractivity contribution in [3.63, 3.8) is 0 Å². The van der Waals surface area contributed by atoms with Crippen LogP contribution in [0, 0.1) is 12.8 Å². The molecule has 1 aromatic rings. The highest BCUT2D eigenvalue weighted by molar-refractivity contribution is 5.50. The summed E-state index contributed by atoms with van der Waals surface area (Å²) >= 11 is 0. The molecule has 0 spiro atoms. The van der Waals surface area contributed by atoms with Gasteiger partial charge in [0.1, 0.15) is 5.82 Å². The molecule has 0 aromatic carbocycles. The fourth-order valence-corrected chi connectivity index (χ4v) is 2.54. The van der Waals surface area contributed by atoms with E-state index in [0.29, 0.717) is 25.3 Å². The normalized spacial score (nSPS) is 20.7. The summed E-state index contributed by atoms with van der Waals surface area (Å²) in [5.41, 5.74) is 7.50. The third-order valence-corrected chi connectivity index (χ3v) is 3.66. The number of piperidine rings is 1. The second-order valence-electron chi connectivity index (χ2n) is 4.96. The zero-order chi connectivity index (χ0) is 14.0. The second-order valence-corrected chi connectivity index (χ2v) is 4.96. The molecule has 0 radical (unpaired) electrons. The monoisotopic (exact) mass is 273 g/mol. The van der Waals surface area contributed by atoms with Crippen LogP contribution in [0.5, 0.6) is 0 Å². The Morgan fingerprint density at radius 2 is 2.21 bits per heavy atom. The van der Waals surface area contributed by atoms with Gasteiger partial charge in [-0.2, -0.15) is 13.2 Å². The van der Waals surface area contributed by atoms with E-state index in [9.17, 15) is 13.2 Å². The Bertz CT molecular complexity index is 445. The first-order valence-corrected chi connectivity index (χ1v) is 6.39. The lowest BCUT2D eigenvalue weighted by molar-refractivity contribution is -0.176. The standard InChI is InChI=1S/C13H18F3N3/c1-9-4-5-18-12(11(9)7-17)19-6-2-3-10(8-19)13(14,15)16/h4-5,10H,2-3,6-8,17H2,1H3. The Morgan fingerprint density at radius 1 is 1.47 bits per heavy atom. The summed E-state index contributed by atoms with van der Waals surface area (Å²) in [5.74, 6) is -0.661. The number of halogens is 3. The average molecular weight is 273 g/mol. The van der Waals surface area contributed by atoms with Gasteiger partial charge in [0.05, 0.1) is 5.92 Å². The number of nitrogens with zero attached hydrogens (tertiary/aromatic N) is 2. The Labute approximate surface area is 110 Å². The zero-order valence-corrected chi connectivity index (χ0v) is 10.9. The molecule has 2 N–H and O–H groups in total. The van der Waals surface area contributed by atoms with Crippen LogP contribution in [0.25, 0.3) is 0 Å². The molecule has 106 valence electrons. The zero-order valence-electron chi connectivity index (χ0n) is 10.9. The van der Waals surface area contributed by atoms with E-state index in [1.165, 1.54) is 0 Å². The molecule has 1 aliphatic rings. The number of nitrogens with two attached hydrogens (primary N) is 1. The van der Waals surface area contributed by atoms with E-state index in [4.69, 9.17) is 5.73 Å². The third kappa shape index (κ3) is 3.00. The lowest BCUT2D eigenvalue weighted by Gasteiger charge is -2.35. The van der Waals surface area contributed by atoms with Crippen LogP contribution in [0.4, 0.5) is 19.0 Å². The van der Waals surface area contributed by atoms with Crippen LogP contribution in [-0.2, 0) is 6.54 Å². The van der Waals surface area contributed by atoms with Crippen molar-refractivity contribution in [1.29, 1.82) is 0 Å². The number of hydrogen-bond acceptors (Lipinski definition) is 3. The van der Waals surface area contributed by atoms with E-state index < -0.39 is 12.1 Å². The number of aryl methyl sites for hydroxylation is 1. The second kappa shape index (κ2) is 5.36. The molecule has 1 aliphatic heterocycles. The van der Waals surface area contributed by atoms with Crippen molar-refractivity contribution < 1.29 is 13.2 Å². The molecular weight excluding hydrogens is 255 g/mol. The Morgan fingerprint density at radius 3 is 2.84 bits per heavy atom. The van der Waals surface area contributed by atoms with Crippen LogP contribution < -0.4 is 10.6 Å². The lowest BCUT2D eigenvalue weighted by atomic mass is 9.97. The van der Waals surface area contributed by atoms with Crippen LogP contribution in [-0.4, -0.2) is 24.2 Å². The highest BCUT2D eigenvalue weighted by Gasteiger charge is 2.42. The molecule has 3 nitrogen and oxygen atoms in total. The number of pyridine rings is 1. The number of hydrogen-bond donors (Lipinski definition) is 1. The summed E-state index contributed by atoms with van der Waals surface area (Å²) < 4.78 is 38.5. The number of rotatable bonds is 2. The quantitative estimate of drug-likeness (QED) is 0.900. The van der Waals surface area contributed by atoms with Gasteiger partial charge >= 0.3 is 6.18 Å². The number of alkyl halides is 3. The summed E-state index contributed by atoms with van der Waals surface area (Å²) in [5, 5.41) is 0. The van der Waals surface area contributed by atoms with E-state index in [2.05, 4.69) is 4.98 Å². The highest BCUT2D eigenvalue weighted by atomic mass is 19.4. The van der Waals surface area contributed by atoms with E-state index in [1.807, 2.05) is 13.0 Å². The van der Waals surface area contributed by atoms with Crippen molar-refractivity contribution in [1.82, 2.24) is 4.98 Å². The molecule has 0 aliphatic carbocycles. The van der Waals surface area contributed by atoms with Gasteiger partial charge < -0.3 is 10.6 Å². The molecule has 1 unspecified atom stereocenters. The van der Waals surface area contributed by atoms with Gasteiger partial charge in [-0.1, -0.05) is 0 Å². The van der Waals surface area contributed by atoms with Crippen molar-refractivity contribution in [2.75, 3.05) is 18.0 Å². The van der Waals surface area contributed by atoms with Gasteiger partial charge in [-0.3, -0.25) is 0 Å². The third-order valence-electron chi connectivity index (χ3n) is 3.66. The van der Waals surface area contributed by atoms with Crippen LogP contribution in [0.1, 0.15) is 24.0 Å². The first-order chi connectivity index (χ1) is 8.93. The molecule has 19 heavy (non-hydrogen) atoms. The minimum Gasteiger partial charge on any atom is -0.356 e. The maximum atomic E-state index is 12.8. The number of anilines is 1. The molecule has 1 fully saturated rings. The maximum absolute atomic E-state index is 12.8. The van der Waals surface area contributed by atoms with Crippen molar-refractivity contribution in [3.05, 3.63) is 23.4 Å². The molecule has 1 atom stereocenters. The molecular formula is C13H18F3N3. The smallest absolute Gasteiger partial charge is 0.356 e. The van der Waals surface area contributed by atoms with Crippen LogP contribution in [0.3, 0.4) is 0 Å².